The molecule has 1 aliphatic heterocycles. The largest absolute Gasteiger partial charge is 0.352 e. The van der Waals surface area contributed by atoms with Crippen molar-refractivity contribution in [3.05, 3.63) is 41.0 Å². The molecule has 1 N–H and O–H groups in total. The highest BCUT2D eigenvalue weighted by Gasteiger charge is 2.15. The van der Waals surface area contributed by atoms with E-state index in [0.29, 0.717) is 6.54 Å². The van der Waals surface area contributed by atoms with Gasteiger partial charge in [0.25, 0.3) is 5.91 Å². The summed E-state index contributed by atoms with van der Waals surface area (Å²) in [6, 6.07) is 6.00. The fraction of sp³-hybridized carbons (Fsp3) is 0.500. The Morgan fingerprint density at radius 3 is 3.00 bits per heavy atom. The fourth-order valence-electron chi connectivity index (χ4n) is 3.09. The molecule has 0 atom stereocenters. The maximum atomic E-state index is 12.4. The Bertz CT molecular complexity index is 726. The van der Waals surface area contributed by atoms with Crippen LogP contribution in [-0.2, 0) is 19.4 Å². The molecular formula is C18H24N4OS. The van der Waals surface area contributed by atoms with Crippen molar-refractivity contribution < 1.29 is 4.79 Å². The second kappa shape index (κ2) is 7.83. The molecule has 128 valence electrons. The van der Waals surface area contributed by atoms with Crippen LogP contribution in [0.4, 0.5) is 0 Å². The lowest BCUT2D eigenvalue weighted by Gasteiger charge is -2.10. The van der Waals surface area contributed by atoms with Gasteiger partial charge in [0.15, 0.2) is 0 Å². The van der Waals surface area contributed by atoms with E-state index in [2.05, 4.69) is 20.1 Å². The average molecular weight is 344 g/mol. The average Bonchev–Trinajstić information content (AvgIpc) is 2.82. The van der Waals surface area contributed by atoms with Crippen LogP contribution < -0.4 is 5.32 Å². The predicted octanol–water partition coefficient (Wildman–Crippen LogP) is 3.01. The highest BCUT2D eigenvalue weighted by Crippen LogP contribution is 2.19. The molecule has 0 unspecified atom stereocenters. The van der Waals surface area contributed by atoms with Crippen molar-refractivity contribution in [2.75, 3.05) is 12.8 Å². The van der Waals surface area contributed by atoms with Gasteiger partial charge < -0.3 is 9.88 Å². The third kappa shape index (κ3) is 3.80. The van der Waals surface area contributed by atoms with E-state index in [-0.39, 0.29) is 5.91 Å². The zero-order valence-electron chi connectivity index (χ0n) is 14.3. The summed E-state index contributed by atoms with van der Waals surface area (Å²) in [5.74, 6) is 2.07. The van der Waals surface area contributed by atoms with Gasteiger partial charge in [0, 0.05) is 36.4 Å². The monoisotopic (exact) mass is 344 g/mol. The van der Waals surface area contributed by atoms with Crippen molar-refractivity contribution in [2.45, 2.75) is 50.5 Å². The Labute approximate surface area is 147 Å². The molecule has 0 spiro atoms. The number of thioether (sulfide) groups is 1. The van der Waals surface area contributed by atoms with Gasteiger partial charge in [0.05, 0.1) is 0 Å². The highest BCUT2D eigenvalue weighted by molar-refractivity contribution is 7.98. The summed E-state index contributed by atoms with van der Waals surface area (Å²) >= 11 is 1.65. The van der Waals surface area contributed by atoms with E-state index in [1.807, 2.05) is 31.4 Å². The summed E-state index contributed by atoms with van der Waals surface area (Å²) in [5.41, 5.74) is 1.75. The zero-order chi connectivity index (χ0) is 16.9. The minimum Gasteiger partial charge on any atom is -0.352 e. The number of amides is 1. The molecule has 6 heteroatoms. The van der Waals surface area contributed by atoms with Crippen LogP contribution in [0.3, 0.4) is 0 Å². The third-order valence-corrected chi connectivity index (χ3v) is 5.23. The second-order valence-electron chi connectivity index (χ2n) is 6.18. The van der Waals surface area contributed by atoms with Gasteiger partial charge in [-0.15, -0.1) is 22.0 Å². The molecule has 2 heterocycles. The molecule has 0 aliphatic carbocycles. The molecule has 24 heavy (non-hydrogen) atoms. The highest BCUT2D eigenvalue weighted by atomic mass is 32.2. The molecule has 0 saturated heterocycles. The number of fused-ring (bicyclic) bond motifs is 1. The lowest BCUT2D eigenvalue weighted by atomic mass is 10.1. The van der Waals surface area contributed by atoms with E-state index < -0.39 is 0 Å². The number of nitrogens with zero attached hydrogens (tertiary/aromatic N) is 3. The molecule has 1 aromatic carbocycles. The maximum Gasteiger partial charge on any atom is 0.251 e. The number of rotatable bonds is 5. The Morgan fingerprint density at radius 2 is 2.17 bits per heavy atom. The molecule has 0 fully saturated rings. The first-order valence-corrected chi connectivity index (χ1v) is 9.75. The SMILES string of the molecule is CSc1ccc(C)c(C(=O)NCCc2nnc3n2CCCCC3)c1. The van der Waals surface area contributed by atoms with Gasteiger partial charge in [-0.1, -0.05) is 12.5 Å². The van der Waals surface area contributed by atoms with E-state index in [1.54, 1.807) is 11.8 Å². The summed E-state index contributed by atoms with van der Waals surface area (Å²) in [7, 11) is 0. The first kappa shape index (κ1) is 17.0. The van der Waals surface area contributed by atoms with Crippen LogP contribution in [0.1, 0.15) is 46.8 Å². The van der Waals surface area contributed by atoms with Gasteiger partial charge in [-0.05, 0) is 43.7 Å². The number of hydrogen-bond donors (Lipinski definition) is 1. The second-order valence-corrected chi connectivity index (χ2v) is 7.06. The Hall–Kier alpha value is -1.82. The Kier molecular flexibility index (Phi) is 5.56. The molecule has 1 aliphatic rings. The van der Waals surface area contributed by atoms with Gasteiger partial charge in [-0.2, -0.15) is 0 Å². The summed E-state index contributed by atoms with van der Waals surface area (Å²) in [6.45, 7) is 3.55. The zero-order valence-corrected chi connectivity index (χ0v) is 15.2. The topological polar surface area (TPSA) is 59.8 Å². The molecule has 1 aromatic heterocycles. The molecule has 0 radical (unpaired) electrons. The van der Waals surface area contributed by atoms with E-state index >= 15 is 0 Å². The predicted molar refractivity (Wildman–Crippen MR) is 96.6 cm³/mol. The number of benzene rings is 1. The number of hydrogen-bond acceptors (Lipinski definition) is 4. The first-order chi connectivity index (χ1) is 11.7. The van der Waals surface area contributed by atoms with Crippen molar-refractivity contribution in [1.82, 2.24) is 20.1 Å². The lowest BCUT2D eigenvalue weighted by Crippen LogP contribution is -2.27. The first-order valence-electron chi connectivity index (χ1n) is 8.53. The van der Waals surface area contributed by atoms with Crippen LogP contribution in [0.5, 0.6) is 0 Å². The van der Waals surface area contributed by atoms with Crippen LogP contribution in [-0.4, -0.2) is 33.5 Å². The quantitative estimate of drug-likeness (QED) is 0.847. The maximum absolute atomic E-state index is 12.4. The number of nitrogens with one attached hydrogen (secondary N) is 1. The molecule has 0 bridgehead atoms. The van der Waals surface area contributed by atoms with Gasteiger partial charge >= 0.3 is 0 Å². The normalized spacial score (nSPS) is 14.1. The smallest absolute Gasteiger partial charge is 0.251 e. The molecule has 2 aromatic rings. The van der Waals surface area contributed by atoms with Crippen LogP contribution in [0.15, 0.2) is 23.1 Å². The summed E-state index contributed by atoms with van der Waals surface area (Å²) in [6.07, 6.45) is 7.39. The van der Waals surface area contributed by atoms with E-state index in [9.17, 15) is 4.79 Å². The molecule has 3 rings (SSSR count). The van der Waals surface area contributed by atoms with Gasteiger partial charge in [0.2, 0.25) is 0 Å². The van der Waals surface area contributed by atoms with Crippen LogP contribution >= 0.6 is 11.8 Å². The van der Waals surface area contributed by atoms with Crippen LogP contribution in [0.25, 0.3) is 0 Å². The molecule has 1 amide bonds. The third-order valence-electron chi connectivity index (χ3n) is 4.51. The number of carbonyl (C=O) groups excluding carboxylic acids is 1. The summed E-state index contributed by atoms with van der Waals surface area (Å²) < 4.78 is 2.23. The van der Waals surface area contributed by atoms with E-state index in [0.717, 1.165) is 47.1 Å². The summed E-state index contributed by atoms with van der Waals surface area (Å²) in [5, 5.41) is 11.6. The number of aryl methyl sites for hydroxylation is 2. The van der Waals surface area contributed by atoms with Crippen molar-refractivity contribution in [3.8, 4) is 0 Å². The Balaban J connectivity index is 1.61. The van der Waals surface area contributed by atoms with Gasteiger partial charge in [-0.3, -0.25) is 4.79 Å². The van der Waals surface area contributed by atoms with Crippen molar-refractivity contribution >= 4 is 17.7 Å². The van der Waals surface area contributed by atoms with Crippen molar-refractivity contribution in [3.63, 3.8) is 0 Å². The fourth-order valence-corrected chi connectivity index (χ4v) is 3.53. The van der Waals surface area contributed by atoms with Gasteiger partial charge in [0.1, 0.15) is 11.6 Å². The molecule has 0 saturated carbocycles. The Morgan fingerprint density at radius 1 is 1.29 bits per heavy atom. The number of carbonyl (C=O) groups is 1. The van der Waals surface area contributed by atoms with Gasteiger partial charge in [-0.25, -0.2) is 0 Å². The van der Waals surface area contributed by atoms with Crippen LogP contribution in [0, 0.1) is 6.92 Å². The lowest BCUT2D eigenvalue weighted by molar-refractivity contribution is 0.0953. The minimum absolute atomic E-state index is 0.0148. The van der Waals surface area contributed by atoms with E-state index in [4.69, 9.17) is 0 Å². The minimum atomic E-state index is -0.0148. The number of aromatic nitrogens is 3. The standard InChI is InChI=1S/C18H24N4OS/c1-13-7-8-14(24-2)12-15(13)18(23)19-10-9-17-21-20-16-6-4-3-5-11-22(16)17/h7-8,12H,3-6,9-11H2,1-2H3,(H,19,23). The van der Waals surface area contributed by atoms with Crippen molar-refractivity contribution in [1.29, 1.82) is 0 Å². The van der Waals surface area contributed by atoms with Crippen LogP contribution in [0.2, 0.25) is 0 Å². The van der Waals surface area contributed by atoms with Crippen molar-refractivity contribution in [2.24, 2.45) is 0 Å². The molecule has 5 nitrogen and oxygen atoms in total. The molecular weight excluding hydrogens is 320 g/mol. The van der Waals surface area contributed by atoms with E-state index in [1.165, 1.54) is 19.3 Å². The summed E-state index contributed by atoms with van der Waals surface area (Å²) in [4.78, 5) is 13.5.